The predicted molar refractivity (Wildman–Crippen MR) is 249 cm³/mol. The molecule has 0 saturated heterocycles. The predicted octanol–water partition coefficient (Wildman–Crippen LogP) is 9.17. The second-order valence-corrected chi connectivity index (χ2v) is 18.5. The molecule has 17 nitrogen and oxygen atoms in total. The molecule has 0 spiro atoms. The molecule has 4 aromatic rings. The lowest BCUT2D eigenvalue weighted by atomic mass is 9.93. The van der Waals surface area contributed by atoms with Crippen molar-refractivity contribution in [1.82, 2.24) is 5.32 Å². The number of aliphatic carboxylic acids is 1. The molecule has 0 bridgehead atoms. The minimum absolute atomic E-state index is 0.0651. The van der Waals surface area contributed by atoms with Crippen molar-refractivity contribution >= 4 is 77.7 Å². The fraction of sp³-hybridized carbons (Fsp3) is 0.261. The van der Waals surface area contributed by atoms with Crippen LogP contribution in [-0.4, -0.2) is 55.6 Å². The third-order valence-corrected chi connectivity index (χ3v) is 13.2. The first kappa shape index (κ1) is 47.7. The maximum atomic E-state index is 13.1. The van der Waals surface area contributed by atoms with Crippen LogP contribution in [0.1, 0.15) is 65.5 Å². The van der Waals surface area contributed by atoms with Crippen LogP contribution in [0.15, 0.2) is 85.9 Å². The van der Waals surface area contributed by atoms with Gasteiger partial charge in [0.15, 0.2) is 0 Å². The number of amides is 4. The average molecular weight is 927 g/mol. The second-order valence-electron chi connectivity index (χ2n) is 15.8. The van der Waals surface area contributed by atoms with E-state index in [0.29, 0.717) is 70.4 Å². The molecule has 0 fully saturated rings. The van der Waals surface area contributed by atoms with Gasteiger partial charge in [-0.25, -0.2) is 14.6 Å². The lowest BCUT2D eigenvalue weighted by molar-refractivity contribution is -0.137. The van der Waals surface area contributed by atoms with Crippen molar-refractivity contribution in [3.8, 4) is 22.5 Å². The zero-order valence-corrected chi connectivity index (χ0v) is 38.2. The fourth-order valence-corrected chi connectivity index (χ4v) is 9.89. The summed E-state index contributed by atoms with van der Waals surface area (Å²) in [5, 5.41) is 21.1. The van der Waals surface area contributed by atoms with Crippen molar-refractivity contribution in [1.29, 1.82) is 0 Å². The summed E-state index contributed by atoms with van der Waals surface area (Å²) in [5.74, 6) is -0.644. The van der Waals surface area contributed by atoms with E-state index in [2.05, 4.69) is 21.3 Å². The highest BCUT2D eigenvalue weighted by molar-refractivity contribution is 7.86. The van der Waals surface area contributed by atoms with Gasteiger partial charge >= 0.3 is 18.0 Å². The van der Waals surface area contributed by atoms with Crippen LogP contribution in [-0.2, 0) is 25.0 Å². The lowest BCUT2D eigenvalue weighted by Gasteiger charge is -2.20. The van der Waals surface area contributed by atoms with Gasteiger partial charge in [-0.05, 0) is 118 Å². The summed E-state index contributed by atoms with van der Waals surface area (Å²) in [4.78, 5) is 39.7. The first-order valence-corrected chi connectivity index (χ1v) is 23.4. The molecule has 342 valence electrons. The summed E-state index contributed by atoms with van der Waals surface area (Å²) in [7, 11) is -9.55. The number of carbonyl (C=O) groups is 3. The molecule has 0 atom stereocenters. The van der Waals surface area contributed by atoms with Crippen LogP contribution in [0.2, 0.25) is 0 Å². The molecule has 4 amide bonds. The Bertz CT molecular complexity index is 3160. The number of anilines is 4. The van der Waals surface area contributed by atoms with E-state index < -0.39 is 43.2 Å². The summed E-state index contributed by atoms with van der Waals surface area (Å²) in [6.07, 6.45) is 2.54. The number of nitrogens with one attached hydrogen (secondary N) is 4. The van der Waals surface area contributed by atoms with Gasteiger partial charge in [0.25, 0.3) is 20.2 Å². The molecule has 2 aliphatic rings. The number of nitrogens with zero attached hydrogens (tertiary/aromatic N) is 1. The Kier molecular flexibility index (Phi) is 14.0. The van der Waals surface area contributed by atoms with Crippen molar-refractivity contribution in [3.05, 3.63) is 105 Å². The third kappa shape index (κ3) is 10.6. The molecule has 6 rings (SSSR count). The van der Waals surface area contributed by atoms with E-state index in [1.165, 1.54) is 26.0 Å². The van der Waals surface area contributed by atoms with E-state index in [4.69, 9.17) is 20.2 Å². The van der Waals surface area contributed by atoms with E-state index >= 15 is 0 Å². The Morgan fingerprint density at radius 3 is 2.08 bits per heavy atom. The summed E-state index contributed by atoms with van der Waals surface area (Å²) < 4.78 is 78.5. The number of hydrogen-bond donors (Lipinski definition) is 8. The molecule has 65 heavy (non-hydrogen) atoms. The minimum Gasteiger partial charge on any atom is -0.481 e. The molecular formula is C46H50N6O11S2. The standard InChI is InChI=1S/C46H50N6O11S2/c1-24-21-25(2)41(51-45(47)55)26(3)40(24)49-30-16-18-32-35(22-30)63-36-23-31(17-19-33(36)39(32)34-13-10-11-14-37(34)64(57,58)59)50-42-27(4)43(29(6)44(28(42)5)65(60,61)62)52-46(56)48-20-12-8-7-9-15-38(53)54/h10-11,13-14,16-19,21-23,49H,7-9,12,15,20H2,1-6H3,(H,53,54)(H3,47,51,55)(H2,48,52,56)(H,57,58,59)(H,60,61,62)/b50-31+. The topological polar surface area (TPSA) is 280 Å². The van der Waals surface area contributed by atoms with Gasteiger partial charge in [0, 0.05) is 58.5 Å². The van der Waals surface area contributed by atoms with E-state index in [0.717, 1.165) is 16.7 Å². The van der Waals surface area contributed by atoms with Gasteiger partial charge in [-0.3, -0.25) is 13.9 Å². The van der Waals surface area contributed by atoms with Gasteiger partial charge in [-0.2, -0.15) is 16.8 Å². The molecule has 9 N–H and O–H groups in total. The lowest BCUT2D eigenvalue weighted by Crippen LogP contribution is -2.30. The molecule has 0 saturated carbocycles. The summed E-state index contributed by atoms with van der Waals surface area (Å²) in [6, 6.07) is 16.6. The summed E-state index contributed by atoms with van der Waals surface area (Å²) in [6.45, 7) is 10.5. The Balaban J connectivity index is 1.50. The average Bonchev–Trinajstić information content (AvgIpc) is 3.21. The zero-order valence-electron chi connectivity index (χ0n) is 36.5. The summed E-state index contributed by atoms with van der Waals surface area (Å²) >= 11 is 0. The molecule has 1 aliphatic heterocycles. The van der Waals surface area contributed by atoms with Gasteiger partial charge < -0.3 is 36.5 Å². The first-order chi connectivity index (χ1) is 30.6. The Morgan fingerprint density at radius 1 is 0.708 bits per heavy atom. The van der Waals surface area contributed by atoms with Gasteiger partial charge in [-0.15, -0.1) is 0 Å². The quantitative estimate of drug-likeness (QED) is 0.0272. The fourth-order valence-electron chi connectivity index (χ4n) is 8.22. The SMILES string of the molecule is Cc1cc(C)c(Nc2ccc3c(-c4ccccc4S(=O)(=O)O)c4cc/c(=N\c5c(C)c(NC(=O)NCCCCCCC(=O)O)c(C)c(S(=O)(=O)O)c5C)cc-4oc3c2)c(C)c1NC(N)=O. The normalized spacial score (nSPS) is 12.1. The number of unbranched alkanes of at least 4 members (excludes halogenated alkanes) is 3. The molecular weight excluding hydrogens is 877 g/mol. The monoisotopic (exact) mass is 926 g/mol. The van der Waals surface area contributed by atoms with Gasteiger partial charge in [0.1, 0.15) is 21.1 Å². The highest BCUT2D eigenvalue weighted by atomic mass is 32.2. The second kappa shape index (κ2) is 19.1. The number of fused-ring (bicyclic) bond motifs is 2. The van der Waals surface area contributed by atoms with Crippen LogP contribution in [0, 0.1) is 41.5 Å². The van der Waals surface area contributed by atoms with E-state index in [9.17, 15) is 40.3 Å². The molecule has 4 aromatic carbocycles. The number of rotatable bonds is 15. The van der Waals surface area contributed by atoms with Crippen LogP contribution in [0.5, 0.6) is 0 Å². The van der Waals surface area contributed by atoms with Crippen LogP contribution in [0.25, 0.3) is 33.4 Å². The molecule has 0 radical (unpaired) electrons. The van der Waals surface area contributed by atoms with Crippen molar-refractivity contribution in [2.24, 2.45) is 10.7 Å². The number of carboxylic acid groups (broad SMARTS) is 1. The van der Waals surface area contributed by atoms with Gasteiger partial charge in [0.2, 0.25) is 0 Å². The van der Waals surface area contributed by atoms with E-state index in [-0.39, 0.29) is 57.0 Å². The van der Waals surface area contributed by atoms with Gasteiger partial charge in [-0.1, -0.05) is 37.1 Å². The minimum atomic E-state index is -4.84. The molecule has 0 aromatic heterocycles. The van der Waals surface area contributed by atoms with Crippen molar-refractivity contribution in [3.63, 3.8) is 0 Å². The molecule has 19 heteroatoms. The largest absolute Gasteiger partial charge is 0.481 e. The zero-order chi connectivity index (χ0) is 47.5. The summed E-state index contributed by atoms with van der Waals surface area (Å²) in [5.41, 5.74) is 11.9. The highest BCUT2D eigenvalue weighted by Crippen LogP contribution is 2.44. The Morgan fingerprint density at radius 2 is 1.40 bits per heavy atom. The number of hydrogen-bond acceptors (Lipinski definition) is 10. The molecule has 1 heterocycles. The van der Waals surface area contributed by atoms with Crippen molar-refractivity contribution in [2.45, 2.75) is 83.4 Å². The molecule has 0 unspecified atom stereocenters. The number of carboxylic acids is 1. The highest BCUT2D eigenvalue weighted by Gasteiger charge is 2.27. The maximum absolute atomic E-state index is 13.1. The van der Waals surface area contributed by atoms with Crippen LogP contribution in [0.3, 0.4) is 0 Å². The van der Waals surface area contributed by atoms with Crippen molar-refractivity contribution in [2.75, 3.05) is 22.5 Å². The number of aryl methyl sites for hydroxylation is 2. The Labute approximate surface area is 376 Å². The van der Waals surface area contributed by atoms with Gasteiger partial charge in [0.05, 0.1) is 22.4 Å². The number of urea groups is 2. The van der Waals surface area contributed by atoms with Crippen LogP contribution < -0.4 is 32.4 Å². The first-order valence-electron chi connectivity index (χ1n) is 20.5. The number of nitrogens with two attached hydrogens (primary N) is 1. The van der Waals surface area contributed by atoms with Crippen molar-refractivity contribution < 1.29 is 49.8 Å². The number of benzene rings is 5. The maximum Gasteiger partial charge on any atom is 0.319 e. The number of carbonyl (C=O) groups excluding carboxylic acids is 2. The smallest absolute Gasteiger partial charge is 0.319 e. The third-order valence-electron chi connectivity index (χ3n) is 11.1. The van der Waals surface area contributed by atoms with E-state index in [1.54, 1.807) is 55.5 Å². The van der Waals surface area contributed by atoms with E-state index in [1.807, 2.05) is 26.8 Å². The van der Waals surface area contributed by atoms with Crippen LogP contribution in [0.4, 0.5) is 38.0 Å². The Hall–Kier alpha value is -6.80. The number of primary amides is 1. The van der Waals surface area contributed by atoms with Crippen LogP contribution >= 0.6 is 0 Å². The molecule has 1 aliphatic carbocycles.